The molecule has 1 N–H and O–H groups in total. The molecule has 2 aromatic heterocycles. The monoisotopic (exact) mass is 479 g/mol. The zero-order chi connectivity index (χ0) is 24.2. The third-order valence-corrected chi connectivity index (χ3v) is 7.59. The average Bonchev–Trinajstić information content (AvgIpc) is 3.30. The molecule has 7 rings (SSSR count). The molecule has 0 spiro atoms. The topological polar surface area (TPSA) is 66.8 Å². The van der Waals surface area contributed by atoms with Crippen LogP contribution in [0.3, 0.4) is 0 Å². The van der Waals surface area contributed by atoms with Gasteiger partial charge in [0.1, 0.15) is 11.6 Å². The van der Waals surface area contributed by atoms with Gasteiger partial charge in [-0.2, -0.15) is 5.10 Å². The minimum atomic E-state index is -0.286. The van der Waals surface area contributed by atoms with Crippen LogP contribution in [-0.4, -0.2) is 43.6 Å². The van der Waals surface area contributed by atoms with Crippen LogP contribution in [0, 0.1) is 17.7 Å². The van der Waals surface area contributed by atoms with Gasteiger partial charge in [0.05, 0.1) is 22.7 Å². The van der Waals surface area contributed by atoms with Crippen LogP contribution in [0.5, 0.6) is 0 Å². The van der Waals surface area contributed by atoms with Crippen molar-refractivity contribution in [2.24, 2.45) is 11.8 Å². The first-order chi connectivity index (χ1) is 17.6. The molecular weight excluding hydrogens is 453 g/mol. The van der Waals surface area contributed by atoms with E-state index in [4.69, 9.17) is 4.98 Å². The number of nitrogens with zero attached hydrogens (tertiary/aromatic N) is 4. The number of likely N-dealkylation sites (tertiary alicyclic amines) is 1. The Balaban J connectivity index is 1.21. The SMILES string of the molecule is O=C(C1CC1)N1CC[C@@H](Cn2c(-c3ccc(-c4ccc5[nH]ncc5c4)cc3)nc3cc(F)ccc32)C1. The smallest absolute Gasteiger partial charge is 0.225 e. The van der Waals surface area contributed by atoms with Crippen molar-refractivity contribution in [1.29, 1.82) is 0 Å². The van der Waals surface area contributed by atoms with Crippen LogP contribution in [0.2, 0.25) is 0 Å². The standard InChI is InChI=1S/C29H26FN5O/c30-24-8-10-27-26(14-24)32-28(35(27)17-18-11-12-34(16-18)29(36)21-5-6-21)20-3-1-19(2-4-20)22-7-9-25-23(13-22)15-31-33-25/h1-4,7-10,13-15,18,21H,5-6,11-12,16-17H2,(H,31,33)/t18-/m1/s1. The number of benzene rings is 3. The van der Waals surface area contributed by atoms with Gasteiger partial charge in [-0.1, -0.05) is 30.3 Å². The van der Waals surface area contributed by atoms with Crippen LogP contribution in [0.15, 0.2) is 66.9 Å². The van der Waals surface area contributed by atoms with Gasteiger partial charge in [0, 0.05) is 42.6 Å². The normalized spacial score (nSPS) is 17.9. The number of H-pyrrole nitrogens is 1. The predicted octanol–water partition coefficient (Wildman–Crippen LogP) is 5.64. The Morgan fingerprint density at radius 1 is 0.972 bits per heavy atom. The summed E-state index contributed by atoms with van der Waals surface area (Å²) in [4.78, 5) is 19.4. The highest BCUT2D eigenvalue weighted by Crippen LogP contribution is 2.34. The van der Waals surface area contributed by atoms with Crippen molar-refractivity contribution in [2.45, 2.75) is 25.8 Å². The molecule has 5 aromatic rings. The molecule has 3 heterocycles. The summed E-state index contributed by atoms with van der Waals surface area (Å²) in [7, 11) is 0. The van der Waals surface area contributed by atoms with E-state index in [9.17, 15) is 9.18 Å². The number of hydrogen-bond donors (Lipinski definition) is 1. The molecule has 0 radical (unpaired) electrons. The molecule has 1 atom stereocenters. The van der Waals surface area contributed by atoms with Crippen LogP contribution < -0.4 is 0 Å². The molecule has 7 heteroatoms. The number of rotatable bonds is 5. The number of aromatic nitrogens is 4. The van der Waals surface area contributed by atoms with E-state index < -0.39 is 0 Å². The summed E-state index contributed by atoms with van der Waals surface area (Å²) in [5.74, 6) is 1.48. The van der Waals surface area contributed by atoms with Gasteiger partial charge in [-0.25, -0.2) is 9.37 Å². The highest BCUT2D eigenvalue weighted by molar-refractivity contribution is 5.85. The second-order valence-corrected chi connectivity index (χ2v) is 10.1. The third kappa shape index (κ3) is 3.75. The van der Waals surface area contributed by atoms with Crippen LogP contribution in [-0.2, 0) is 11.3 Å². The first kappa shape index (κ1) is 21.3. The van der Waals surface area contributed by atoms with Crippen LogP contribution in [0.1, 0.15) is 19.3 Å². The maximum Gasteiger partial charge on any atom is 0.225 e. The summed E-state index contributed by atoms with van der Waals surface area (Å²) in [6.45, 7) is 2.36. The average molecular weight is 480 g/mol. The molecular formula is C29H26FN5O. The van der Waals surface area contributed by atoms with E-state index in [0.29, 0.717) is 17.3 Å². The van der Waals surface area contributed by atoms with Crippen LogP contribution in [0.25, 0.3) is 44.5 Å². The molecule has 180 valence electrons. The summed E-state index contributed by atoms with van der Waals surface area (Å²) >= 11 is 0. The van der Waals surface area contributed by atoms with Gasteiger partial charge in [-0.3, -0.25) is 9.89 Å². The molecule has 1 aliphatic heterocycles. The van der Waals surface area contributed by atoms with Gasteiger partial charge >= 0.3 is 0 Å². The summed E-state index contributed by atoms with van der Waals surface area (Å²) in [5.41, 5.74) is 5.82. The first-order valence-corrected chi connectivity index (χ1v) is 12.6. The summed E-state index contributed by atoms with van der Waals surface area (Å²) in [6, 6.07) is 19.4. The van der Waals surface area contributed by atoms with E-state index in [1.54, 1.807) is 0 Å². The molecule has 2 fully saturated rings. The maximum absolute atomic E-state index is 14.0. The number of carbonyl (C=O) groups is 1. The van der Waals surface area contributed by atoms with Crippen LogP contribution in [0.4, 0.5) is 4.39 Å². The fourth-order valence-corrected chi connectivity index (χ4v) is 5.47. The molecule has 36 heavy (non-hydrogen) atoms. The Morgan fingerprint density at radius 2 is 1.78 bits per heavy atom. The lowest BCUT2D eigenvalue weighted by Gasteiger charge is -2.18. The highest BCUT2D eigenvalue weighted by Gasteiger charge is 2.36. The van der Waals surface area contributed by atoms with Crippen molar-refractivity contribution in [3.05, 3.63) is 72.7 Å². The lowest BCUT2D eigenvalue weighted by Crippen LogP contribution is -2.30. The van der Waals surface area contributed by atoms with Crippen LogP contribution >= 0.6 is 0 Å². The number of imidazole rings is 1. The quantitative estimate of drug-likeness (QED) is 0.355. The van der Waals surface area contributed by atoms with Gasteiger partial charge in [-0.15, -0.1) is 0 Å². The largest absolute Gasteiger partial charge is 0.342 e. The van der Waals surface area contributed by atoms with E-state index in [2.05, 4.69) is 51.2 Å². The van der Waals surface area contributed by atoms with Crippen molar-refractivity contribution in [1.82, 2.24) is 24.6 Å². The van der Waals surface area contributed by atoms with Crippen molar-refractivity contribution >= 4 is 27.8 Å². The summed E-state index contributed by atoms with van der Waals surface area (Å²) in [6.07, 6.45) is 4.88. The molecule has 3 aromatic carbocycles. The molecule has 2 aliphatic rings. The summed E-state index contributed by atoms with van der Waals surface area (Å²) < 4.78 is 16.2. The van der Waals surface area contributed by atoms with Gasteiger partial charge in [0.15, 0.2) is 0 Å². The molecule has 1 saturated heterocycles. The number of aromatic amines is 1. The zero-order valence-corrected chi connectivity index (χ0v) is 19.8. The van der Waals surface area contributed by atoms with E-state index in [1.807, 2.05) is 23.2 Å². The van der Waals surface area contributed by atoms with E-state index in [0.717, 1.165) is 77.8 Å². The Labute approximate surface area is 207 Å². The fraction of sp³-hybridized carbons (Fsp3) is 0.276. The Bertz CT molecular complexity index is 1600. The summed E-state index contributed by atoms with van der Waals surface area (Å²) in [5, 5.41) is 8.17. The van der Waals surface area contributed by atoms with Gasteiger partial charge < -0.3 is 9.47 Å². The molecule has 1 aliphatic carbocycles. The van der Waals surface area contributed by atoms with Gasteiger partial charge in [0.2, 0.25) is 5.91 Å². The minimum Gasteiger partial charge on any atom is -0.342 e. The molecule has 6 nitrogen and oxygen atoms in total. The lowest BCUT2D eigenvalue weighted by atomic mass is 10.0. The first-order valence-electron chi connectivity index (χ1n) is 12.6. The number of fused-ring (bicyclic) bond motifs is 2. The highest BCUT2D eigenvalue weighted by atomic mass is 19.1. The Hall–Kier alpha value is -4.00. The molecule has 0 bridgehead atoms. The second kappa shape index (κ2) is 8.29. The lowest BCUT2D eigenvalue weighted by molar-refractivity contribution is -0.131. The van der Waals surface area contributed by atoms with E-state index in [-0.39, 0.29) is 11.7 Å². The predicted molar refractivity (Wildman–Crippen MR) is 138 cm³/mol. The van der Waals surface area contributed by atoms with E-state index in [1.165, 1.54) is 12.1 Å². The Kier molecular flexibility index (Phi) is 4.91. The van der Waals surface area contributed by atoms with Gasteiger partial charge in [-0.05, 0) is 60.6 Å². The molecule has 0 unspecified atom stereocenters. The van der Waals surface area contributed by atoms with Crippen molar-refractivity contribution in [2.75, 3.05) is 13.1 Å². The molecule has 1 amide bonds. The molecule has 1 saturated carbocycles. The maximum atomic E-state index is 14.0. The number of halogens is 1. The number of nitrogens with one attached hydrogen (secondary N) is 1. The van der Waals surface area contributed by atoms with Crippen molar-refractivity contribution < 1.29 is 9.18 Å². The number of hydrogen-bond acceptors (Lipinski definition) is 3. The van der Waals surface area contributed by atoms with Gasteiger partial charge in [0.25, 0.3) is 0 Å². The Morgan fingerprint density at radius 3 is 2.61 bits per heavy atom. The third-order valence-electron chi connectivity index (χ3n) is 7.59. The van der Waals surface area contributed by atoms with Crippen molar-refractivity contribution in [3.8, 4) is 22.5 Å². The zero-order valence-electron chi connectivity index (χ0n) is 19.8. The fourth-order valence-electron chi connectivity index (χ4n) is 5.47. The second-order valence-electron chi connectivity index (χ2n) is 10.1. The van der Waals surface area contributed by atoms with Crippen molar-refractivity contribution in [3.63, 3.8) is 0 Å². The number of carbonyl (C=O) groups excluding carboxylic acids is 1. The van der Waals surface area contributed by atoms with E-state index >= 15 is 0 Å². The number of amides is 1. The minimum absolute atomic E-state index is 0.254.